The first-order valence-electron chi connectivity index (χ1n) is 8.38. The number of nitrogens with zero attached hydrogens (tertiary/aromatic N) is 3. The molecule has 0 aliphatic rings. The SMILES string of the molecule is c1ccc(Cn2nnc3c(-c4cccs4)ccc(-c4cccs4)c32)cc1. The summed E-state index contributed by atoms with van der Waals surface area (Å²) in [6.45, 7) is 0.712. The average molecular weight is 374 g/mol. The van der Waals surface area contributed by atoms with Gasteiger partial charge in [-0.25, -0.2) is 4.68 Å². The van der Waals surface area contributed by atoms with Crippen molar-refractivity contribution < 1.29 is 0 Å². The molecule has 0 bridgehead atoms. The number of benzene rings is 2. The van der Waals surface area contributed by atoms with Crippen LogP contribution in [-0.4, -0.2) is 15.0 Å². The van der Waals surface area contributed by atoms with Crippen molar-refractivity contribution in [2.75, 3.05) is 0 Å². The Labute approximate surface area is 159 Å². The summed E-state index contributed by atoms with van der Waals surface area (Å²) < 4.78 is 2.02. The zero-order chi connectivity index (χ0) is 17.3. The molecule has 0 spiro atoms. The summed E-state index contributed by atoms with van der Waals surface area (Å²) in [4.78, 5) is 2.46. The minimum Gasteiger partial charge on any atom is -0.240 e. The Morgan fingerprint density at radius 2 is 1.42 bits per heavy atom. The highest BCUT2D eigenvalue weighted by atomic mass is 32.1. The maximum Gasteiger partial charge on any atom is 0.122 e. The summed E-state index contributed by atoms with van der Waals surface area (Å²) in [5.41, 5.74) is 5.63. The fraction of sp³-hybridized carbons (Fsp3) is 0.0476. The van der Waals surface area contributed by atoms with Gasteiger partial charge in [-0.15, -0.1) is 27.8 Å². The summed E-state index contributed by atoms with van der Waals surface area (Å²) in [7, 11) is 0. The van der Waals surface area contributed by atoms with Crippen LogP contribution in [0.1, 0.15) is 5.56 Å². The molecule has 3 aromatic heterocycles. The van der Waals surface area contributed by atoms with E-state index in [0.717, 1.165) is 16.6 Å². The van der Waals surface area contributed by atoms with Crippen LogP contribution in [0.4, 0.5) is 0 Å². The first kappa shape index (κ1) is 15.5. The number of rotatable bonds is 4. The van der Waals surface area contributed by atoms with Gasteiger partial charge in [-0.2, -0.15) is 0 Å². The van der Waals surface area contributed by atoms with Crippen LogP contribution in [0.2, 0.25) is 0 Å². The quantitative estimate of drug-likeness (QED) is 0.390. The molecule has 126 valence electrons. The standard InChI is InChI=1S/C21H15N3S2/c1-2-6-15(7-3-1)14-24-21-17(19-9-5-13-26-19)11-10-16(20(21)22-23-24)18-8-4-12-25-18/h1-13H,14H2. The topological polar surface area (TPSA) is 30.7 Å². The van der Waals surface area contributed by atoms with Gasteiger partial charge in [0.15, 0.2) is 0 Å². The van der Waals surface area contributed by atoms with E-state index in [1.165, 1.54) is 20.9 Å². The molecule has 0 N–H and O–H groups in total. The summed E-state index contributed by atoms with van der Waals surface area (Å²) in [6, 6.07) is 23.2. The van der Waals surface area contributed by atoms with Gasteiger partial charge in [0.2, 0.25) is 0 Å². The molecule has 0 fully saturated rings. The van der Waals surface area contributed by atoms with E-state index in [1.807, 2.05) is 10.7 Å². The minimum atomic E-state index is 0.712. The van der Waals surface area contributed by atoms with Crippen LogP contribution in [0, 0.1) is 0 Å². The number of aromatic nitrogens is 3. The second-order valence-electron chi connectivity index (χ2n) is 6.05. The molecule has 3 heterocycles. The number of thiophene rings is 2. The van der Waals surface area contributed by atoms with Crippen molar-refractivity contribution in [2.24, 2.45) is 0 Å². The van der Waals surface area contributed by atoms with Crippen molar-refractivity contribution >= 4 is 33.7 Å². The lowest BCUT2D eigenvalue weighted by atomic mass is 10.1. The second-order valence-corrected chi connectivity index (χ2v) is 7.94. The van der Waals surface area contributed by atoms with Gasteiger partial charge in [0, 0.05) is 20.9 Å². The van der Waals surface area contributed by atoms with E-state index in [9.17, 15) is 0 Å². The minimum absolute atomic E-state index is 0.712. The lowest BCUT2D eigenvalue weighted by molar-refractivity contribution is 0.670. The number of fused-ring (bicyclic) bond motifs is 1. The maximum atomic E-state index is 4.57. The molecule has 0 saturated carbocycles. The predicted molar refractivity (Wildman–Crippen MR) is 110 cm³/mol. The van der Waals surface area contributed by atoms with E-state index < -0.39 is 0 Å². The van der Waals surface area contributed by atoms with E-state index in [2.05, 4.69) is 81.7 Å². The van der Waals surface area contributed by atoms with Crippen molar-refractivity contribution in [3.63, 3.8) is 0 Å². The lowest BCUT2D eigenvalue weighted by Gasteiger charge is -2.08. The zero-order valence-corrected chi connectivity index (χ0v) is 15.5. The molecule has 5 rings (SSSR count). The van der Waals surface area contributed by atoms with Crippen molar-refractivity contribution in [3.05, 3.63) is 83.1 Å². The van der Waals surface area contributed by atoms with E-state index in [4.69, 9.17) is 0 Å². The highest BCUT2D eigenvalue weighted by molar-refractivity contribution is 7.14. The molecule has 0 atom stereocenters. The molecule has 5 heteroatoms. The van der Waals surface area contributed by atoms with Crippen LogP contribution < -0.4 is 0 Å². The molecule has 2 aromatic carbocycles. The van der Waals surface area contributed by atoms with Crippen LogP contribution in [0.15, 0.2) is 77.5 Å². The Bertz CT molecular complexity index is 1140. The third kappa shape index (κ3) is 2.66. The number of hydrogen-bond acceptors (Lipinski definition) is 4. The van der Waals surface area contributed by atoms with E-state index in [1.54, 1.807) is 22.7 Å². The lowest BCUT2D eigenvalue weighted by Crippen LogP contribution is -2.02. The second kappa shape index (κ2) is 6.52. The van der Waals surface area contributed by atoms with Gasteiger partial charge in [0.1, 0.15) is 5.52 Å². The molecule has 0 amide bonds. The van der Waals surface area contributed by atoms with Gasteiger partial charge in [-0.05, 0) is 28.5 Å². The van der Waals surface area contributed by atoms with Gasteiger partial charge >= 0.3 is 0 Å². The maximum absolute atomic E-state index is 4.57. The Hall–Kier alpha value is -2.76. The Morgan fingerprint density at radius 3 is 2.12 bits per heavy atom. The molecule has 0 unspecified atom stereocenters. The van der Waals surface area contributed by atoms with E-state index >= 15 is 0 Å². The Balaban J connectivity index is 1.74. The van der Waals surface area contributed by atoms with Crippen LogP contribution in [0.25, 0.3) is 31.9 Å². The molecule has 0 aliphatic heterocycles. The van der Waals surface area contributed by atoms with Crippen molar-refractivity contribution in [1.29, 1.82) is 0 Å². The van der Waals surface area contributed by atoms with Crippen LogP contribution >= 0.6 is 22.7 Å². The van der Waals surface area contributed by atoms with Crippen LogP contribution in [0.3, 0.4) is 0 Å². The highest BCUT2D eigenvalue weighted by Crippen LogP contribution is 2.37. The molecular formula is C21H15N3S2. The van der Waals surface area contributed by atoms with Gasteiger partial charge in [-0.1, -0.05) is 59.8 Å². The molecule has 0 aliphatic carbocycles. The van der Waals surface area contributed by atoms with Gasteiger partial charge in [0.05, 0.1) is 12.1 Å². The fourth-order valence-corrected chi connectivity index (χ4v) is 4.72. The van der Waals surface area contributed by atoms with Crippen LogP contribution in [0.5, 0.6) is 0 Å². The largest absolute Gasteiger partial charge is 0.240 e. The monoisotopic (exact) mass is 373 g/mol. The molecule has 0 radical (unpaired) electrons. The van der Waals surface area contributed by atoms with Crippen molar-refractivity contribution in [1.82, 2.24) is 15.0 Å². The van der Waals surface area contributed by atoms with Gasteiger partial charge in [0.25, 0.3) is 0 Å². The third-order valence-electron chi connectivity index (χ3n) is 4.41. The smallest absolute Gasteiger partial charge is 0.122 e. The third-order valence-corrected chi connectivity index (χ3v) is 6.22. The normalized spacial score (nSPS) is 11.2. The molecular weight excluding hydrogens is 358 g/mol. The Kier molecular flexibility index (Phi) is 3.88. The fourth-order valence-electron chi connectivity index (χ4n) is 3.21. The zero-order valence-electron chi connectivity index (χ0n) is 13.9. The van der Waals surface area contributed by atoms with Crippen molar-refractivity contribution in [2.45, 2.75) is 6.54 Å². The van der Waals surface area contributed by atoms with Crippen molar-refractivity contribution in [3.8, 4) is 20.9 Å². The first-order valence-corrected chi connectivity index (χ1v) is 10.1. The van der Waals surface area contributed by atoms with Gasteiger partial charge in [-0.3, -0.25) is 0 Å². The molecule has 5 aromatic rings. The molecule has 26 heavy (non-hydrogen) atoms. The summed E-state index contributed by atoms with van der Waals surface area (Å²) in [5.74, 6) is 0. The number of hydrogen-bond donors (Lipinski definition) is 0. The molecule has 3 nitrogen and oxygen atoms in total. The summed E-state index contributed by atoms with van der Waals surface area (Å²) >= 11 is 3.48. The average Bonchev–Trinajstić information content (AvgIpc) is 3.44. The van der Waals surface area contributed by atoms with Gasteiger partial charge < -0.3 is 0 Å². The van der Waals surface area contributed by atoms with E-state index in [-0.39, 0.29) is 0 Å². The summed E-state index contributed by atoms with van der Waals surface area (Å²) in [6.07, 6.45) is 0. The Morgan fingerprint density at radius 1 is 0.731 bits per heavy atom. The van der Waals surface area contributed by atoms with Crippen LogP contribution in [-0.2, 0) is 6.54 Å². The first-order chi connectivity index (χ1) is 12.9. The summed E-state index contributed by atoms with van der Waals surface area (Å²) in [5, 5.41) is 13.3. The van der Waals surface area contributed by atoms with E-state index in [0.29, 0.717) is 6.54 Å². The molecule has 0 saturated heterocycles. The predicted octanol–water partition coefficient (Wildman–Crippen LogP) is 5.94. The highest BCUT2D eigenvalue weighted by Gasteiger charge is 2.17.